The molecule has 76 heavy (non-hydrogen) atoms. The number of halogens is 2. The third kappa shape index (κ3) is 20.2. The molecule has 3 aromatic rings. The summed E-state index contributed by atoms with van der Waals surface area (Å²) in [7, 11) is 0. The second-order valence-electron chi connectivity index (χ2n) is 18.1. The maximum absolute atomic E-state index is 14.7. The molecule has 1 fully saturated rings. The molecule has 21 N–H and O–H groups in total. The molecule has 1 aromatic heterocycles. The smallest absolute Gasteiger partial charge is 0.243 e. The van der Waals surface area contributed by atoms with E-state index >= 15 is 0 Å². The van der Waals surface area contributed by atoms with E-state index in [1.54, 1.807) is 12.3 Å². The highest BCUT2D eigenvalue weighted by Gasteiger charge is 2.35. The maximum atomic E-state index is 14.7. The number of aromatic nitrogens is 1. The molecule has 1 saturated heterocycles. The molecule has 2 heterocycles. The number of rotatable bonds is 18. The molecular formula is C48H69Cl2N17O9. The highest BCUT2D eigenvalue weighted by molar-refractivity contribution is 6.35. The molecule has 0 aliphatic carbocycles. The average molecular weight is 1100 g/mol. The van der Waals surface area contributed by atoms with E-state index in [0.717, 1.165) is 10.9 Å². The molecule has 0 radical (unpaired) electrons. The fourth-order valence-corrected chi connectivity index (χ4v) is 8.69. The van der Waals surface area contributed by atoms with Crippen LogP contribution in [0.15, 0.2) is 48.7 Å². The van der Waals surface area contributed by atoms with E-state index in [0.29, 0.717) is 11.1 Å². The average Bonchev–Trinajstić information content (AvgIpc) is 3.77. The van der Waals surface area contributed by atoms with Crippen molar-refractivity contribution in [1.29, 1.82) is 10.8 Å². The summed E-state index contributed by atoms with van der Waals surface area (Å²) < 4.78 is 0. The van der Waals surface area contributed by atoms with Gasteiger partial charge in [0.25, 0.3) is 0 Å². The zero-order chi connectivity index (χ0) is 55.9. The predicted molar refractivity (Wildman–Crippen MR) is 284 cm³/mol. The molecule has 26 nitrogen and oxygen atoms in total. The fraction of sp³-hybridized carbons (Fsp3) is 0.479. The van der Waals surface area contributed by atoms with Crippen LogP contribution in [0.4, 0.5) is 0 Å². The van der Waals surface area contributed by atoms with Crippen LogP contribution in [0.2, 0.25) is 10.0 Å². The van der Waals surface area contributed by atoms with E-state index in [2.05, 4.69) is 58.2 Å². The van der Waals surface area contributed by atoms with Crippen molar-refractivity contribution >= 4 is 99.2 Å². The zero-order valence-electron chi connectivity index (χ0n) is 42.0. The lowest BCUT2D eigenvalue weighted by atomic mass is 10.0. The summed E-state index contributed by atoms with van der Waals surface area (Å²) in [6.07, 6.45) is 0.746. The third-order valence-electron chi connectivity index (χ3n) is 12.1. The van der Waals surface area contributed by atoms with Gasteiger partial charge in [-0.25, -0.2) is 0 Å². The number of fused-ring (bicyclic) bond motifs is 1. The first-order valence-corrected chi connectivity index (χ1v) is 25.4. The van der Waals surface area contributed by atoms with Gasteiger partial charge in [-0.2, -0.15) is 0 Å². The Balaban J connectivity index is 1.78. The van der Waals surface area contributed by atoms with Gasteiger partial charge in [-0.15, -0.1) is 0 Å². The molecule has 7 atom stereocenters. The van der Waals surface area contributed by atoms with E-state index in [4.69, 9.17) is 57.0 Å². The first kappa shape index (κ1) is 60.8. The van der Waals surface area contributed by atoms with Gasteiger partial charge in [-0.1, -0.05) is 47.5 Å². The van der Waals surface area contributed by atoms with Crippen molar-refractivity contribution in [3.05, 3.63) is 69.8 Å². The summed E-state index contributed by atoms with van der Waals surface area (Å²) in [6, 6.07) is 1.91. The SMILES string of the molecule is CC(=O)N[C@@H](CCCNC(=N)N)C(=O)N[C@H]1CCC(=O)NCCC[C@@H](C(N)=O)NC(=O)[C@H](Cc2c[nH]c3ccccc23)NC(=O)[C@H](CCCNC(=N)N)NC(=O)[C@@H](Cc2ccc(Cl)cc2Cl)NC(=O)[C@H](CCN)NC1=O. The Morgan fingerprint density at radius 2 is 1.33 bits per heavy atom. The van der Waals surface area contributed by atoms with Gasteiger partial charge in [0.05, 0.1) is 0 Å². The molecule has 4 rings (SSSR count). The minimum Gasteiger partial charge on any atom is -0.370 e. The van der Waals surface area contributed by atoms with Gasteiger partial charge >= 0.3 is 0 Å². The number of hydrogen-bond donors (Lipinski definition) is 17. The second kappa shape index (κ2) is 30.6. The lowest BCUT2D eigenvalue weighted by Gasteiger charge is -2.28. The molecule has 1 aliphatic rings. The zero-order valence-corrected chi connectivity index (χ0v) is 43.5. The van der Waals surface area contributed by atoms with Crippen molar-refractivity contribution in [3.63, 3.8) is 0 Å². The Kier molecular flexibility index (Phi) is 24.5. The van der Waals surface area contributed by atoms with Crippen molar-refractivity contribution in [3.8, 4) is 0 Å². The molecule has 0 saturated carbocycles. The summed E-state index contributed by atoms with van der Waals surface area (Å²) in [5.41, 5.74) is 24.3. The minimum atomic E-state index is -1.53. The van der Waals surface area contributed by atoms with E-state index in [1.807, 2.05) is 18.2 Å². The maximum Gasteiger partial charge on any atom is 0.243 e. The Labute approximate surface area is 448 Å². The number of guanidine groups is 2. The number of hydrogen-bond acceptors (Lipinski definition) is 12. The second-order valence-corrected chi connectivity index (χ2v) is 18.9. The number of para-hydroxylation sites is 1. The van der Waals surface area contributed by atoms with Gasteiger partial charge in [-0.05, 0) is 87.2 Å². The highest BCUT2D eigenvalue weighted by Crippen LogP contribution is 2.23. The van der Waals surface area contributed by atoms with E-state index in [9.17, 15) is 43.2 Å². The first-order chi connectivity index (χ1) is 36.1. The van der Waals surface area contributed by atoms with Crippen molar-refractivity contribution in [2.75, 3.05) is 26.2 Å². The number of nitrogens with one attached hydrogen (secondary N) is 13. The van der Waals surface area contributed by atoms with Crippen molar-refractivity contribution in [2.45, 2.75) is 120 Å². The molecule has 0 spiro atoms. The van der Waals surface area contributed by atoms with E-state index < -0.39 is 95.5 Å². The largest absolute Gasteiger partial charge is 0.370 e. The van der Waals surface area contributed by atoms with Crippen LogP contribution in [0, 0.1) is 10.8 Å². The quantitative estimate of drug-likeness (QED) is 0.0363. The summed E-state index contributed by atoms with van der Waals surface area (Å²) in [5.74, 6) is -7.98. The van der Waals surface area contributed by atoms with E-state index in [-0.39, 0.29) is 119 Å². The fourth-order valence-electron chi connectivity index (χ4n) is 8.21. The normalized spacial score (nSPS) is 21.0. The summed E-state index contributed by atoms with van der Waals surface area (Å²) >= 11 is 12.8. The van der Waals surface area contributed by atoms with Crippen molar-refractivity contribution in [2.24, 2.45) is 22.9 Å². The molecule has 414 valence electrons. The number of aromatic amines is 1. The molecule has 1 aliphatic heterocycles. The molecule has 2 aromatic carbocycles. The van der Waals surface area contributed by atoms with Crippen LogP contribution in [0.1, 0.15) is 75.8 Å². The highest BCUT2D eigenvalue weighted by atomic mass is 35.5. The van der Waals surface area contributed by atoms with Crippen LogP contribution >= 0.6 is 23.2 Å². The number of nitrogens with two attached hydrogens (primary N) is 4. The lowest BCUT2D eigenvalue weighted by Crippen LogP contribution is -2.60. The molecule has 0 bridgehead atoms. The third-order valence-corrected chi connectivity index (χ3v) is 12.7. The van der Waals surface area contributed by atoms with Crippen LogP contribution in [-0.4, -0.2) is 139 Å². The summed E-state index contributed by atoms with van der Waals surface area (Å²) in [6.45, 7) is 1.25. The Morgan fingerprint density at radius 3 is 1.96 bits per heavy atom. The molecule has 0 unspecified atom stereocenters. The number of carbonyl (C=O) groups excluding carboxylic acids is 9. The number of amides is 9. The monoisotopic (exact) mass is 1100 g/mol. The van der Waals surface area contributed by atoms with Crippen LogP contribution < -0.4 is 76.1 Å². The number of carbonyl (C=O) groups is 9. The van der Waals surface area contributed by atoms with Gasteiger partial charge in [0.15, 0.2) is 11.9 Å². The van der Waals surface area contributed by atoms with E-state index in [1.165, 1.54) is 25.1 Å². The van der Waals surface area contributed by atoms with Crippen molar-refractivity contribution in [1.82, 2.24) is 58.2 Å². The molecular weight excluding hydrogens is 1030 g/mol. The van der Waals surface area contributed by atoms with Crippen LogP contribution in [0.25, 0.3) is 10.9 Å². The van der Waals surface area contributed by atoms with Crippen LogP contribution in [0.5, 0.6) is 0 Å². The standard InChI is InChI=1S/C48H69Cl2N17O9/c1-25(68)61-33(10-5-19-58-47(53)54)41(71)64-35-14-15-39(69)57-18-4-9-32(40(52)70)62-45(75)38(22-27-24-60-31-8-3-2-7-29(27)31)67-42(72)34(11-6-20-59-48(55)56)63-46(76)37(21-26-12-13-28(49)23-30(26)50)66-44(74)36(16-17-51)65-43(35)73/h2-3,7-8,12-13,23-24,32-38,60H,4-6,9-11,14-22,51H2,1H3,(H2,52,70)(H,57,69)(H,61,68)(H,62,75)(H,63,76)(H,64,71)(H,65,73)(H,66,74)(H,67,72)(H4,53,54,58)(H4,55,56,59)/t32-,33-,34-,35-,36-,37+,38-/m0/s1. The topological polar surface area (TPSA) is 441 Å². The number of H-pyrrole nitrogens is 1. The predicted octanol–water partition coefficient (Wildman–Crippen LogP) is -2.28. The van der Waals surface area contributed by atoms with Crippen LogP contribution in [0.3, 0.4) is 0 Å². The van der Waals surface area contributed by atoms with Gasteiger partial charge in [0.2, 0.25) is 53.2 Å². The van der Waals surface area contributed by atoms with Gasteiger partial charge in [-0.3, -0.25) is 54.0 Å². The first-order valence-electron chi connectivity index (χ1n) is 24.7. The van der Waals surface area contributed by atoms with Gasteiger partial charge < -0.3 is 81.1 Å². The Hall–Kier alpha value is -7.71. The molecule has 9 amide bonds. The Morgan fingerprint density at radius 1 is 0.737 bits per heavy atom. The minimum absolute atomic E-state index is 0.0306. The Bertz CT molecular complexity index is 2580. The van der Waals surface area contributed by atoms with Crippen LogP contribution in [-0.2, 0) is 56.0 Å². The van der Waals surface area contributed by atoms with Crippen molar-refractivity contribution < 1.29 is 43.2 Å². The lowest BCUT2D eigenvalue weighted by molar-refractivity contribution is -0.136. The molecule has 28 heteroatoms. The van der Waals surface area contributed by atoms with Gasteiger partial charge in [0.1, 0.15) is 42.3 Å². The van der Waals surface area contributed by atoms with Gasteiger partial charge in [0, 0.05) is 73.0 Å². The number of benzene rings is 2. The number of primary amides is 1. The summed E-state index contributed by atoms with van der Waals surface area (Å²) in [5, 5.41) is 42.5. The summed E-state index contributed by atoms with van der Waals surface area (Å²) in [4.78, 5) is 127.